The summed E-state index contributed by atoms with van der Waals surface area (Å²) in [5, 5.41) is 10.4. The van der Waals surface area contributed by atoms with Crippen LogP contribution in [-0.4, -0.2) is 21.1 Å². The molecule has 0 spiro atoms. The van der Waals surface area contributed by atoms with Gasteiger partial charge in [0, 0.05) is 39.1 Å². The molecule has 0 aliphatic carbocycles. The van der Waals surface area contributed by atoms with Crippen molar-refractivity contribution in [3.63, 3.8) is 0 Å². The van der Waals surface area contributed by atoms with Crippen LogP contribution >= 0.6 is 0 Å². The largest absolute Gasteiger partial charge is 0.467 e. The summed E-state index contributed by atoms with van der Waals surface area (Å²) < 4.78 is 7.36. The smallest absolute Gasteiger partial charge is 0.133 e. The molecule has 0 saturated heterocycles. The molecule has 1 N–H and O–H groups in total. The zero-order valence-electron chi connectivity index (χ0n) is 13.3. The van der Waals surface area contributed by atoms with Crippen molar-refractivity contribution < 1.29 is 9.52 Å². The van der Waals surface area contributed by atoms with Crippen molar-refractivity contribution in [2.24, 2.45) is 7.05 Å². The number of nitrogens with zero attached hydrogens (tertiary/aromatic N) is 2. The molecule has 2 aromatic heterocycles. The molecule has 4 heteroatoms. The first kappa shape index (κ1) is 15.6. The van der Waals surface area contributed by atoms with Crippen LogP contribution in [0.4, 0.5) is 0 Å². The normalized spacial score (nSPS) is 12.7. The van der Waals surface area contributed by atoms with Gasteiger partial charge in [0.15, 0.2) is 0 Å². The summed E-state index contributed by atoms with van der Waals surface area (Å²) in [7, 11) is 2.02. The minimum atomic E-state index is -0.627. The fourth-order valence-electron chi connectivity index (χ4n) is 2.75. The van der Waals surface area contributed by atoms with Gasteiger partial charge in [-0.05, 0) is 29.3 Å². The molecule has 0 bridgehead atoms. The molecule has 120 valence electrons. The highest BCUT2D eigenvalue weighted by molar-refractivity contribution is 5.16. The highest BCUT2D eigenvalue weighted by atomic mass is 16.4. The van der Waals surface area contributed by atoms with E-state index in [9.17, 15) is 5.11 Å². The van der Waals surface area contributed by atoms with Crippen LogP contribution in [0.5, 0.6) is 0 Å². The zero-order valence-corrected chi connectivity index (χ0v) is 13.3. The van der Waals surface area contributed by atoms with Crippen LogP contribution in [-0.2, 0) is 20.1 Å². The minimum absolute atomic E-state index is 0.525. The second kappa shape index (κ2) is 7.31. The van der Waals surface area contributed by atoms with E-state index in [1.807, 2.05) is 42.1 Å². The maximum absolute atomic E-state index is 10.4. The van der Waals surface area contributed by atoms with Crippen molar-refractivity contribution in [3.05, 3.63) is 84.1 Å². The molecular formula is C19H22N2O2. The van der Waals surface area contributed by atoms with Crippen molar-refractivity contribution in [1.29, 1.82) is 0 Å². The summed E-state index contributed by atoms with van der Waals surface area (Å²) in [4.78, 5) is 2.23. The van der Waals surface area contributed by atoms with Crippen LogP contribution in [0.3, 0.4) is 0 Å². The molecule has 3 rings (SSSR count). The molecule has 3 aromatic rings. The third-order valence-corrected chi connectivity index (χ3v) is 3.85. The molecule has 1 aromatic carbocycles. The number of aromatic nitrogens is 1. The van der Waals surface area contributed by atoms with Gasteiger partial charge in [0.05, 0.1) is 6.26 Å². The Morgan fingerprint density at radius 3 is 2.48 bits per heavy atom. The van der Waals surface area contributed by atoms with Gasteiger partial charge in [-0.3, -0.25) is 4.90 Å². The number of hydrogen-bond acceptors (Lipinski definition) is 3. The number of hydrogen-bond donors (Lipinski definition) is 1. The molecule has 2 heterocycles. The molecular weight excluding hydrogens is 288 g/mol. The van der Waals surface area contributed by atoms with E-state index in [-0.39, 0.29) is 0 Å². The Hall–Kier alpha value is -2.30. The minimum Gasteiger partial charge on any atom is -0.467 e. The Morgan fingerprint density at radius 2 is 1.83 bits per heavy atom. The summed E-state index contributed by atoms with van der Waals surface area (Å²) in [5.41, 5.74) is 2.46. The lowest BCUT2D eigenvalue weighted by Crippen LogP contribution is -2.27. The predicted octanol–water partition coefficient (Wildman–Crippen LogP) is 3.35. The van der Waals surface area contributed by atoms with Crippen LogP contribution < -0.4 is 0 Å². The molecule has 0 aliphatic heterocycles. The lowest BCUT2D eigenvalue weighted by molar-refractivity contribution is 0.0873. The Kier molecular flexibility index (Phi) is 4.95. The monoisotopic (exact) mass is 310 g/mol. The number of aliphatic hydroxyl groups excluding tert-OH is 1. The van der Waals surface area contributed by atoms with E-state index in [1.165, 1.54) is 11.1 Å². The van der Waals surface area contributed by atoms with Crippen molar-refractivity contribution in [2.75, 3.05) is 6.54 Å². The van der Waals surface area contributed by atoms with Gasteiger partial charge in [0.2, 0.25) is 0 Å². The highest BCUT2D eigenvalue weighted by Gasteiger charge is 2.16. The van der Waals surface area contributed by atoms with E-state index in [1.54, 1.807) is 12.3 Å². The van der Waals surface area contributed by atoms with E-state index in [0.29, 0.717) is 12.3 Å². The first-order valence-corrected chi connectivity index (χ1v) is 7.79. The number of rotatable bonds is 7. The van der Waals surface area contributed by atoms with E-state index in [0.717, 1.165) is 13.1 Å². The molecule has 4 nitrogen and oxygen atoms in total. The van der Waals surface area contributed by atoms with Gasteiger partial charge in [-0.1, -0.05) is 30.3 Å². The first-order chi connectivity index (χ1) is 11.2. The zero-order chi connectivity index (χ0) is 16.1. The van der Waals surface area contributed by atoms with E-state index in [2.05, 4.69) is 29.3 Å². The number of aliphatic hydroxyl groups is 1. The second-order valence-corrected chi connectivity index (χ2v) is 5.87. The average molecular weight is 310 g/mol. The number of benzene rings is 1. The standard InChI is InChI=1S/C19H22N2O2/c1-20-10-9-17(12-20)14-21(13-16-6-3-2-4-7-16)15-18(22)19-8-5-11-23-19/h2-12,18,22H,13-15H2,1H3. The third-order valence-electron chi connectivity index (χ3n) is 3.85. The Morgan fingerprint density at radius 1 is 1.04 bits per heavy atom. The van der Waals surface area contributed by atoms with Gasteiger partial charge in [-0.2, -0.15) is 0 Å². The number of aryl methyl sites for hydroxylation is 1. The first-order valence-electron chi connectivity index (χ1n) is 7.79. The molecule has 1 unspecified atom stereocenters. The van der Waals surface area contributed by atoms with Crippen molar-refractivity contribution >= 4 is 0 Å². The lowest BCUT2D eigenvalue weighted by Gasteiger charge is -2.24. The van der Waals surface area contributed by atoms with Gasteiger partial charge in [-0.25, -0.2) is 0 Å². The molecule has 0 amide bonds. The van der Waals surface area contributed by atoms with Crippen molar-refractivity contribution in [1.82, 2.24) is 9.47 Å². The van der Waals surface area contributed by atoms with E-state index >= 15 is 0 Å². The summed E-state index contributed by atoms with van der Waals surface area (Å²) in [5.74, 6) is 0.608. The fraction of sp³-hybridized carbons (Fsp3) is 0.263. The van der Waals surface area contributed by atoms with Crippen molar-refractivity contribution in [3.8, 4) is 0 Å². The second-order valence-electron chi connectivity index (χ2n) is 5.87. The van der Waals surface area contributed by atoms with Crippen LogP contribution in [0.15, 0.2) is 71.6 Å². The maximum atomic E-state index is 10.4. The highest BCUT2D eigenvalue weighted by Crippen LogP contribution is 2.18. The molecule has 0 saturated carbocycles. The van der Waals surface area contributed by atoms with Gasteiger partial charge in [0.1, 0.15) is 11.9 Å². The average Bonchev–Trinajstić information content (AvgIpc) is 3.20. The predicted molar refractivity (Wildman–Crippen MR) is 89.6 cm³/mol. The molecule has 0 radical (unpaired) electrons. The Labute approximate surface area is 136 Å². The lowest BCUT2D eigenvalue weighted by atomic mass is 10.1. The van der Waals surface area contributed by atoms with Gasteiger partial charge in [0.25, 0.3) is 0 Å². The third kappa shape index (κ3) is 4.34. The van der Waals surface area contributed by atoms with Crippen LogP contribution in [0.25, 0.3) is 0 Å². The maximum Gasteiger partial charge on any atom is 0.133 e. The summed E-state index contributed by atoms with van der Waals surface area (Å²) >= 11 is 0. The van der Waals surface area contributed by atoms with Gasteiger partial charge >= 0.3 is 0 Å². The Balaban J connectivity index is 1.72. The summed E-state index contributed by atoms with van der Waals surface area (Å²) in [6.07, 6.45) is 5.12. The van der Waals surface area contributed by atoms with Crippen LogP contribution in [0.2, 0.25) is 0 Å². The topological polar surface area (TPSA) is 41.5 Å². The van der Waals surface area contributed by atoms with Crippen LogP contribution in [0, 0.1) is 0 Å². The van der Waals surface area contributed by atoms with E-state index < -0.39 is 6.10 Å². The van der Waals surface area contributed by atoms with E-state index in [4.69, 9.17) is 4.42 Å². The van der Waals surface area contributed by atoms with Crippen molar-refractivity contribution in [2.45, 2.75) is 19.2 Å². The van der Waals surface area contributed by atoms with Gasteiger partial charge < -0.3 is 14.1 Å². The fourth-order valence-corrected chi connectivity index (χ4v) is 2.75. The molecule has 0 aliphatic rings. The number of furan rings is 1. The molecule has 1 atom stereocenters. The SMILES string of the molecule is Cn1ccc(CN(Cc2ccccc2)CC(O)c2ccco2)c1. The summed E-state index contributed by atoms with van der Waals surface area (Å²) in [6, 6.07) is 16.0. The molecule has 0 fully saturated rings. The molecule has 23 heavy (non-hydrogen) atoms. The van der Waals surface area contributed by atoms with Crippen LogP contribution in [0.1, 0.15) is 23.0 Å². The quantitative estimate of drug-likeness (QED) is 0.727. The Bertz CT molecular complexity index is 704. The summed E-state index contributed by atoms with van der Waals surface area (Å²) in [6.45, 7) is 2.10. The van der Waals surface area contributed by atoms with Gasteiger partial charge in [-0.15, -0.1) is 0 Å².